The SMILES string of the molecule is OCCN(Cc1cccnc1)c1nc(-c2cccc(Cl)c2)nc2c1CCCC2. The number of aliphatic hydroxyl groups excluding tert-OH is 1. The first-order valence-electron chi connectivity index (χ1n) is 9.65. The summed E-state index contributed by atoms with van der Waals surface area (Å²) in [6.07, 6.45) is 7.83. The molecule has 1 N–H and O–H groups in total. The van der Waals surface area contributed by atoms with E-state index in [4.69, 9.17) is 21.6 Å². The lowest BCUT2D eigenvalue weighted by atomic mass is 9.95. The predicted molar refractivity (Wildman–Crippen MR) is 111 cm³/mol. The fourth-order valence-corrected chi connectivity index (χ4v) is 3.88. The number of aromatic nitrogens is 3. The van der Waals surface area contributed by atoms with Gasteiger partial charge < -0.3 is 10.0 Å². The zero-order valence-corrected chi connectivity index (χ0v) is 16.4. The number of hydrogen-bond donors (Lipinski definition) is 1. The Balaban J connectivity index is 1.79. The van der Waals surface area contributed by atoms with E-state index in [1.807, 2.05) is 42.6 Å². The molecule has 28 heavy (non-hydrogen) atoms. The summed E-state index contributed by atoms with van der Waals surface area (Å²) in [4.78, 5) is 16.2. The number of pyridine rings is 1. The second kappa shape index (κ2) is 8.67. The van der Waals surface area contributed by atoms with Crippen LogP contribution in [0.3, 0.4) is 0 Å². The molecule has 0 atom stereocenters. The van der Waals surface area contributed by atoms with Crippen LogP contribution in [-0.4, -0.2) is 33.2 Å². The van der Waals surface area contributed by atoms with E-state index in [-0.39, 0.29) is 6.61 Å². The van der Waals surface area contributed by atoms with Crippen molar-refractivity contribution in [1.82, 2.24) is 15.0 Å². The van der Waals surface area contributed by atoms with Crippen LogP contribution in [0.4, 0.5) is 5.82 Å². The Kier molecular flexibility index (Phi) is 5.84. The standard InChI is InChI=1S/C22H23ClN4O/c23-18-7-3-6-17(13-18)21-25-20-9-2-1-8-19(20)22(26-21)27(11-12-28)15-16-5-4-10-24-14-16/h3-7,10,13-14,28H,1-2,8-9,11-12,15H2. The third-order valence-corrected chi connectivity index (χ3v) is 5.24. The number of aryl methyl sites for hydroxylation is 1. The molecule has 3 aromatic rings. The summed E-state index contributed by atoms with van der Waals surface area (Å²) in [5, 5.41) is 10.4. The molecule has 1 aliphatic carbocycles. The second-order valence-corrected chi connectivity index (χ2v) is 7.46. The number of rotatable bonds is 6. The van der Waals surface area contributed by atoms with Gasteiger partial charge in [-0.1, -0.05) is 29.8 Å². The van der Waals surface area contributed by atoms with Crippen molar-refractivity contribution in [2.45, 2.75) is 32.2 Å². The lowest BCUT2D eigenvalue weighted by Gasteiger charge is -2.28. The molecule has 2 heterocycles. The topological polar surface area (TPSA) is 62.1 Å². The average Bonchev–Trinajstić information content (AvgIpc) is 2.73. The molecular weight excluding hydrogens is 372 g/mol. The summed E-state index contributed by atoms with van der Waals surface area (Å²) < 4.78 is 0. The third-order valence-electron chi connectivity index (χ3n) is 5.01. The van der Waals surface area contributed by atoms with Gasteiger partial charge in [-0.25, -0.2) is 9.97 Å². The molecule has 1 aliphatic rings. The van der Waals surface area contributed by atoms with Crippen LogP contribution in [0.25, 0.3) is 11.4 Å². The maximum absolute atomic E-state index is 9.68. The van der Waals surface area contributed by atoms with Gasteiger partial charge in [0.1, 0.15) is 5.82 Å². The van der Waals surface area contributed by atoms with E-state index in [0.717, 1.165) is 48.3 Å². The van der Waals surface area contributed by atoms with Crippen molar-refractivity contribution in [3.05, 3.63) is 70.6 Å². The first-order chi connectivity index (χ1) is 13.7. The lowest BCUT2D eigenvalue weighted by Crippen LogP contribution is -2.29. The smallest absolute Gasteiger partial charge is 0.161 e. The molecule has 0 aliphatic heterocycles. The van der Waals surface area contributed by atoms with Crippen molar-refractivity contribution in [3.63, 3.8) is 0 Å². The summed E-state index contributed by atoms with van der Waals surface area (Å²) in [6.45, 7) is 1.21. The van der Waals surface area contributed by atoms with Crippen LogP contribution in [0.5, 0.6) is 0 Å². The van der Waals surface area contributed by atoms with Crippen LogP contribution in [0.15, 0.2) is 48.8 Å². The van der Waals surface area contributed by atoms with E-state index >= 15 is 0 Å². The maximum Gasteiger partial charge on any atom is 0.161 e. The van der Waals surface area contributed by atoms with Crippen LogP contribution in [0, 0.1) is 0 Å². The van der Waals surface area contributed by atoms with Gasteiger partial charge in [-0.15, -0.1) is 0 Å². The Bertz CT molecular complexity index is 949. The van der Waals surface area contributed by atoms with Gasteiger partial charge in [-0.05, 0) is 49.4 Å². The number of anilines is 1. The molecule has 0 unspecified atom stereocenters. The minimum atomic E-state index is 0.0610. The van der Waals surface area contributed by atoms with E-state index in [1.54, 1.807) is 6.20 Å². The van der Waals surface area contributed by atoms with Crippen LogP contribution in [0.1, 0.15) is 29.7 Å². The first kappa shape index (κ1) is 18.8. The Labute approximate surface area is 170 Å². The maximum atomic E-state index is 9.68. The lowest BCUT2D eigenvalue weighted by molar-refractivity contribution is 0.301. The highest BCUT2D eigenvalue weighted by Gasteiger charge is 2.22. The molecule has 0 spiro atoms. The molecule has 0 saturated carbocycles. The second-order valence-electron chi connectivity index (χ2n) is 7.02. The molecule has 1 aromatic carbocycles. The van der Waals surface area contributed by atoms with Crippen LogP contribution >= 0.6 is 11.6 Å². The molecular formula is C22H23ClN4O. The van der Waals surface area contributed by atoms with Crippen LogP contribution in [0.2, 0.25) is 5.02 Å². The molecule has 0 radical (unpaired) electrons. The van der Waals surface area contributed by atoms with Gasteiger partial charge in [0.2, 0.25) is 0 Å². The number of aliphatic hydroxyl groups is 1. The van der Waals surface area contributed by atoms with E-state index in [0.29, 0.717) is 23.9 Å². The number of fused-ring (bicyclic) bond motifs is 1. The quantitative estimate of drug-likeness (QED) is 0.682. The van der Waals surface area contributed by atoms with Gasteiger partial charge in [0.15, 0.2) is 5.82 Å². The van der Waals surface area contributed by atoms with Gasteiger partial charge >= 0.3 is 0 Å². The van der Waals surface area contributed by atoms with Crippen molar-refractivity contribution < 1.29 is 5.11 Å². The number of nitrogens with zero attached hydrogens (tertiary/aromatic N) is 4. The molecule has 0 saturated heterocycles. The molecule has 4 rings (SSSR count). The van der Waals surface area contributed by atoms with Crippen molar-refractivity contribution >= 4 is 17.4 Å². The number of hydrogen-bond acceptors (Lipinski definition) is 5. The number of halogens is 1. The monoisotopic (exact) mass is 394 g/mol. The third kappa shape index (κ3) is 4.16. The zero-order valence-electron chi connectivity index (χ0n) is 15.7. The molecule has 0 fully saturated rings. The van der Waals surface area contributed by atoms with Gasteiger partial charge in [0, 0.05) is 47.3 Å². The highest BCUT2D eigenvalue weighted by molar-refractivity contribution is 6.30. The summed E-state index contributed by atoms with van der Waals surface area (Å²) in [7, 11) is 0. The van der Waals surface area contributed by atoms with Crippen molar-refractivity contribution in [2.24, 2.45) is 0 Å². The Hall–Kier alpha value is -2.50. The summed E-state index contributed by atoms with van der Waals surface area (Å²) in [6, 6.07) is 11.6. The normalized spacial score (nSPS) is 13.2. The van der Waals surface area contributed by atoms with Crippen molar-refractivity contribution in [2.75, 3.05) is 18.1 Å². The van der Waals surface area contributed by atoms with E-state index in [9.17, 15) is 5.11 Å². The highest BCUT2D eigenvalue weighted by Crippen LogP contribution is 2.32. The van der Waals surface area contributed by atoms with Gasteiger partial charge in [-0.2, -0.15) is 0 Å². The van der Waals surface area contributed by atoms with Crippen LogP contribution < -0.4 is 4.90 Å². The van der Waals surface area contributed by atoms with E-state index in [2.05, 4.69) is 9.88 Å². The fraction of sp³-hybridized carbons (Fsp3) is 0.318. The Morgan fingerprint density at radius 3 is 2.75 bits per heavy atom. The zero-order chi connectivity index (χ0) is 19.3. The largest absolute Gasteiger partial charge is 0.395 e. The fourth-order valence-electron chi connectivity index (χ4n) is 3.69. The van der Waals surface area contributed by atoms with Crippen LogP contribution in [-0.2, 0) is 19.4 Å². The van der Waals surface area contributed by atoms with Gasteiger partial charge in [-0.3, -0.25) is 4.98 Å². The summed E-state index contributed by atoms with van der Waals surface area (Å²) >= 11 is 6.19. The molecule has 5 nitrogen and oxygen atoms in total. The first-order valence-corrected chi connectivity index (χ1v) is 10.0. The van der Waals surface area contributed by atoms with E-state index in [1.165, 1.54) is 5.56 Å². The Morgan fingerprint density at radius 2 is 1.96 bits per heavy atom. The predicted octanol–water partition coefficient (Wildman–Crippen LogP) is 4.07. The molecule has 2 aromatic heterocycles. The Morgan fingerprint density at radius 1 is 1.07 bits per heavy atom. The van der Waals surface area contributed by atoms with Crippen molar-refractivity contribution in [3.8, 4) is 11.4 Å². The molecule has 0 bridgehead atoms. The number of benzene rings is 1. The highest BCUT2D eigenvalue weighted by atomic mass is 35.5. The summed E-state index contributed by atoms with van der Waals surface area (Å²) in [5.74, 6) is 1.60. The molecule has 144 valence electrons. The van der Waals surface area contributed by atoms with Gasteiger partial charge in [0.25, 0.3) is 0 Å². The summed E-state index contributed by atoms with van der Waals surface area (Å²) in [5.41, 5.74) is 4.31. The average molecular weight is 395 g/mol. The molecule has 0 amide bonds. The van der Waals surface area contributed by atoms with Gasteiger partial charge in [0.05, 0.1) is 6.61 Å². The minimum Gasteiger partial charge on any atom is -0.395 e. The minimum absolute atomic E-state index is 0.0610. The molecule has 6 heteroatoms. The van der Waals surface area contributed by atoms with E-state index < -0.39 is 0 Å². The van der Waals surface area contributed by atoms with Crippen molar-refractivity contribution in [1.29, 1.82) is 0 Å².